The summed E-state index contributed by atoms with van der Waals surface area (Å²) in [5, 5.41) is 4.62. The lowest BCUT2D eigenvalue weighted by atomic mass is 9.84. The van der Waals surface area contributed by atoms with Crippen molar-refractivity contribution in [3.63, 3.8) is 0 Å². The standard InChI is InChI=1S/C15H30N2S/c1-15(2,3)14-11-17(9-8-16-14)12-6-5-7-13(10-12)18-4/h12-14,16H,5-11H2,1-4H3. The molecule has 0 amide bonds. The van der Waals surface area contributed by atoms with Crippen molar-refractivity contribution >= 4 is 11.8 Å². The molecule has 1 aliphatic heterocycles. The van der Waals surface area contributed by atoms with Crippen LogP contribution < -0.4 is 5.32 Å². The summed E-state index contributed by atoms with van der Waals surface area (Å²) in [5.74, 6) is 0. The number of rotatable bonds is 2. The first-order valence-electron chi connectivity index (χ1n) is 7.51. The first-order valence-corrected chi connectivity index (χ1v) is 8.79. The van der Waals surface area contributed by atoms with Gasteiger partial charge >= 0.3 is 0 Å². The summed E-state index contributed by atoms with van der Waals surface area (Å²) in [4.78, 5) is 2.77. The van der Waals surface area contributed by atoms with E-state index in [4.69, 9.17) is 0 Å². The zero-order valence-electron chi connectivity index (χ0n) is 12.5. The van der Waals surface area contributed by atoms with Crippen LogP contribution in [0, 0.1) is 5.41 Å². The van der Waals surface area contributed by atoms with Gasteiger partial charge in [0.05, 0.1) is 0 Å². The monoisotopic (exact) mass is 270 g/mol. The fourth-order valence-corrected chi connectivity index (χ4v) is 4.17. The molecule has 1 heterocycles. The first kappa shape index (κ1) is 14.7. The van der Waals surface area contributed by atoms with Gasteiger partial charge in [-0.25, -0.2) is 0 Å². The lowest BCUT2D eigenvalue weighted by Gasteiger charge is -2.45. The highest BCUT2D eigenvalue weighted by atomic mass is 32.2. The zero-order valence-corrected chi connectivity index (χ0v) is 13.4. The van der Waals surface area contributed by atoms with Gasteiger partial charge in [-0.2, -0.15) is 11.8 Å². The van der Waals surface area contributed by atoms with E-state index in [0.29, 0.717) is 11.5 Å². The second kappa shape index (κ2) is 6.15. The Morgan fingerprint density at radius 3 is 2.67 bits per heavy atom. The van der Waals surface area contributed by atoms with Crippen molar-refractivity contribution in [3.8, 4) is 0 Å². The Kier molecular flexibility index (Phi) is 5.01. The molecule has 2 fully saturated rings. The Hall–Kier alpha value is 0.270. The van der Waals surface area contributed by atoms with Gasteiger partial charge in [-0.05, 0) is 30.9 Å². The maximum Gasteiger partial charge on any atom is 0.0244 e. The van der Waals surface area contributed by atoms with Gasteiger partial charge in [0.25, 0.3) is 0 Å². The molecule has 0 spiro atoms. The maximum atomic E-state index is 3.71. The second-order valence-electron chi connectivity index (χ2n) is 7.05. The minimum atomic E-state index is 0.381. The number of hydrogen-bond acceptors (Lipinski definition) is 3. The van der Waals surface area contributed by atoms with E-state index in [1.807, 2.05) is 0 Å². The Labute approximate surface area is 117 Å². The van der Waals surface area contributed by atoms with Crippen LogP contribution in [0.3, 0.4) is 0 Å². The summed E-state index contributed by atoms with van der Waals surface area (Å²) in [7, 11) is 0. The molecule has 106 valence electrons. The molecule has 0 aromatic heterocycles. The molecule has 1 saturated heterocycles. The van der Waals surface area contributed by atoms with Crippen LogP contribution in [0.2, 0.25) is 0 Å². The van der Waals surface area contributed by atoms with E-state index in [0.717, 1.165) is 11.3 Å². The second-order valence-corrected chi connectivity index (χ2v) is 8.18. The van der Waals surface area contributed by atoms with E-state index in [-0.39, 0.29) is 0 Å². The van der Waals surface area contributed by atoms with E-state index in [1.54, 1.807) is 0 Å². The SMILES string of the molecule is CSC1CCCC(N2CCNC(C(C)(C)C)C2)C1. The van der Waals surface area contributed by atoms with Crippen molar-refractivity contribution in [2.24, 2.45) is 5.41 Å². The topological polar surface area (TPSA) is 15.3 Å². The van der Waals surface area contributed by atoms with Gasteiger partial charge in [0, 0.05) is 37.0 Å². The van der Waals surface area contributed by atoms with Crippen molar-refractivity contribution in [2.45, 2.75) is 63.8 Å². The van der Waals surface area contributed by atoms with Crippen molar-refractivity contribution in [1.29, 1.82) is 0 Å². The van der Waals surface area contributed by atoms with Crippen LogP contribution >= 0.6 is 11.8 Å². The first-order chi connectivity index (χ1) is 8.50. The molecule has 1 N–H and O–H groups in total. The van der Waals surface area contributed by atoms with Gasteiger partial charge in [-0.3, -0.25) is 4.90 Å². The van der Waals surface area contributed by atoms with E-state index in [1.165, 1.54) is 45.3 Å². The molecule has 0 radical (unpaired) electrons. The molecule has 18 heavy (non-hydrogen) atoms. The molecule has 0 bridgehead atoms. The van der Waals surface area contributed by atoms with Gasteiger partial charge in [-0.1, -0.05) is 27.2 Å². The third-order valence-corrected chi connectivity index (χ3v) is 5.80. The molecule has 2 nitrogen and oxygen atoms in total. The zero-order chi connectivity index (χ0) is 13.2. The Bertz CT molecular complexity index is 262. The van der Waals surface area contributed by atoms with E-state index >= 15 is 0 Å². The van der Waals surface area contributed by atoms with E-state index in [9.17, 15) is 0 Å². The number of thioether (sulfide) groups is 1. The van der Waals surface area contributed by atoms with Crippen LogP contribution in [0.4, 0.5) is 0 Å². The fourth-order valence-electron chi connectivity index (χ4n) is 3.35. The molecule has 2 aliphatic rings. The van der Waals surface area contributed by atoms with Gasteiger partial charge < -0.3 is 5.32 Å². The summed E-state index contributed by atoms with van der Waals surface area (Å²) in [5.41, 5.74) is 0.381. The Morgan fingerprint density at radius 1 is 1.22 bits per heavy atom. The highest BCUT2D eigenvalue weighted by Crippen LogP contribution is 2.31. The molecule has 3 unspecified atom stereocenters. The Morgan fingerprint density at radius 2 is 2.00 bits per heavy atom. The molecule has 0 aromatic carbocycles. The maximum absolute atomic E-state index is 3.71. The number of nitrogens with zero attached hydrogens (tertiary/aromatic N) is 1. The van der Waals surface area contributed by atoms with Crippen molar-refractivity contribution < 1.29 is 0 Å². The van der Waals surface area contributed by atoms with Crippen LogP contribution in [0.5, 0.6) is 0 Å². The summed E-state index contributed by atoms with van der Waals surface area (Å²) in [6.45, 7) is 10.7. The molecular weight excluding hydrogens is 240 g/mol. The average molecular weight is 270 g/mol. The number of hydrogen-bond donors (Lipinski definition) is 1. The highest BCUT2D eigenvalue weighted by molar-refractivity contribution is 7.99. The van der Waals surface area contributed by atoms with Crippen LogP contribution in [0.15, 0.2) is 0 Å². The van der Waals surface area contributed by atoms with Crippen LogP contribution in [-0.2, 0) is 0 Å². The van der Waals surface area contributed by atoms with Crippen molar-refractivity contribution in [1.82, 2.24) is 10.2 Å². The third kappa shape index (κ3) is 3.64. The van der Waals surface area contributed by atoms with Crippen molar-refractivity contribution in [2.75, 3.05) is 25.9 Å². The minimum Gasteiger partial charge on any atom is -0.311 e. The molecule has 3 atom stereocenters. The predicted octanol–water partition coefficient (Wildman–Crippen LogP) is 2.98. The predicted molar refractivity (Wildman–Crippen MR) is 82.4 cm³/mol. The lowest BCUT2D eigenvalue weighted by Crippen LogP contribution is -2.58. The molecule has 1 saturated carbocycles. The number of piperazine rings is 1. The average Bonchev–Trinajstić information content (AvgIpc) is 2.38. The highest BCUT2D eigenvalue weighted by Gasteiger charge is 2.33. The summed E-state index contributed by atoms with van der Waals surface area (Å²) >= 11 is 2.08. The summed E-state index contributed by atoms with van der Waals surface area (Å²) in [6, 6.07) is 1.50. The molecule has 1 aliphatic carbocycles. The molecule has 3 heteroatoms. The normalized spacial score (nSPS) is 35.7. The van der Waals surface area contributed by atoms with Crippen molar-refractivity contribution in [3.05, 3.63) is 0 Å². The lowest BCUT2D eigenvalue weighted by molar-refractivity contribution is 0.0816. The molecular formula is C15H30N2S. The van der Waals surface area contributed by atoms with Crippen LogP contribution in [0.1, 0.15) is 46.5 Å². The van der Waals surface area contributed by atoms with E-state index in [2.05, 4.69) is 49.0 Å². The number of nitrogens with one attached hydrogen (secondary N) is 1. The largest absolute Gasteiger partial charge is 0.311 e. The summed E-state index contributed by atoms with van der Waals surface area (Å²) < 4.78 is 0. The minimum absolute atomic E-state index is 0.381. The van der Waals surface area contributed by atoms with Gasteiger partial charge in [0.1, 0.15) is 0 Å². The van der Waals surface area contributed by atoms with Gasteiger partial charge in [0.2, 0.25) is 0 Å². The summed E-state index contributed by atoms with van der Waals surface area (Å²) in [6.07, 6.45) is 7.99. The van der Waals surface area contributed by atoms with E-state index < -0.39 is 0 Å². The quantitative estimate of drug-likeness (QED) is 0.830. The Balaban J connectivity index is 1.92. The fraction of sp³-hybridized carbons (Fsp3) is 1.00. The smallest absolute Gasteiger partial charge is 0.0244 e. The van der Waals surface area contributed by atoms with Gasteiger partial charge in [0.15, 0.2) is 0 Å². The van der Waals surface area contributed by atoms with Crippen LogP contribution in [-0.4, -0.2) is 48.1 Å². The van der Waals surface area contributed by atoms with Crippen LogP contribution in [0.25, 0.3) is 0 Å². The molecule has 0 aromatic rings. The molecule has 2 rings (SSSR count). The van der Waals surface area contributed by atoms with Gasteiger partial charge in [-0.15, -0.1) is 0 Å². The third-order valence-electron chi connectivity index (χ3n) is 4.70.